The van der Waals surface area contributed by atoms with Crippen LogP contribution in [0.2, 0.25) is 0 Å². The topological polar surface area (TPSA) is 38.5 Å². The summed E-state index contributed by atoms with van der Waals surface area (Å²) in [4.78, 5) is 2.17. The fourth-order valence-electron chi connectivity index (χ4n) is 1.94. The summed E-state index contributed by atoms with van der Waals surface area (Å²) in [6.07, 6.45) is 1.05. The number of hydrogen-bond donors (Lipinski definition) is 1. The molecule has 3 heteroatoms. The second-order valence-electron chi connectivity index (χ2n) is 4.77. The van der Waals surface area contributed by atoms with Crippen LogP contribution in [0.15, 0.2) is 12.1 Å². The maximum atomic E-state index is 5.85. The van der Waals surface area contributed by atoms with Crippen molar-refractivity contribution in [1.82, 2.24) is 4.90 Å². The summed E-state index contributed by atoms with van der Waals surface area (Å²) >= 11 is 0. The summed E-state index contributed by atoms with van der Waals surface area (Å²) in [6.45, 7) is 6.56. The predicted octanol–water partition coefficient (Wildman–Crippen LogP) is 2.09. The fraction of sp³-hybridized carbons (Fsp3) is 0.571. The standard InChI is InChI=1S/C14H24N2O/c1-11-8-13(10-15)9-12(2)14(11)17-7-5-6-16(3)4/h8-9H,5-7,10,15H2,1-4H3. The van der Waals surface area contributed by atoms with Crippen molar-refractivity contribution in [3.8, 4) is 5.75 Å². The third-order valence-corrected chi connectivity index (χ3v) is 2.75. The molecule has 3 nitrogen and oxygen atoms in total. The van der Waals surface area contributed by atoms with Crippen molar-refractivity contribution in [2.24, 2.45) is 5.73 Å². The molecular formula is C14H24N2O. The van der Waals surface area contributed by atoms with Crippen LogP contribution in [0.25, 0.3) is 0 Å². The normalized spacial score (nSPS) is 10.9. The summed E-state index contributed by atoms with van der Waals surface area (Å²) in [6, 6.07) is 4.21. The van der Waals surface area contributed by atoms with Crippen molar-refractivity contribution < 1.29 is 4.74 Å². The second kappa shape index (κ2) is 6.62. The molecule has 0 saturated heterocycles. The first-order valence-electron chi connectivity index (χ1n) is 6.12. The number of hydrogen-bond acceptors (Lipinski definition) is 3. The van der Waals surface area contributed by atoms with Gasteiger partial charge in [-0.15, -0.1) is 0 Å². The highest BCUT2D eigenvalue weighted by Crippen LogP contribution is 2.24. The summed E-state index contributed by atoms with van der Waals surface area (Å²) in [5.74, 6) is 1.01. The maximum absolute atomic E-state index is 5.85. The quantitative estimate of drug-likeness (QED) is 0.769. The van der Waals surface area contributed by atoms with Gasteiger partial charge in [0.05, 0.1) is 6.61 Å². The van der Waals surface area contributed by atoms with Crippen molar-refractivity contribution in [3.05, 3.63) is 28.8 Å². The number of ether oxygens (including phenoxy) is 1. The molecule has 0 fully saturated rings. The van der Waals surface area contributed by atoms with E-state index in [1.165, 1.54) is 16.7 Å². The lowest BCUT2D eigenvalue weighted by Gasteiger charge is -2.15. The van der Waals surface area contributed by atoms with Crippen LogP contribution in [0, 0.1) is 13.8 Å². The Hall–Kier alpha value is -1.06. The van der Waals surface area contributed by atoms with E-state index in [1.54, 1.807) is 0 Å². The summed E-state index contributed by atoms with van der Waals surface area (Å²) in [5.41, 5.74) is 9.17. The van der Waals surface area contributed by atoms with Gasteiger partial charge in [0, 0.05) is 13.1 Å². The van der Waals surface area contributed by atoms with E-state index < -0.39 is 0 Å². The molecule has 0 saturated carbocycles. The van der Waals surface area contributed by atoms with Gasteiger partial charge >= 0.3 is 0 Å². The lowest BCUT2D eigenvalue weighted by atomic mass is 10.1. The van der Waals surface area contributed by atoms with Crippen molar-refractivity contribution >= 4 is 0 Å². The zero-order valence-electron chi connectivity index (χ0n) is 11.4. The Morgan fingerprint density at radius 2 is 1.76 bits per heavy atom. The largest absolute Gasteiger partial charge is 0.493 e. The molecule has 0 amide bonds. The van der Waals surface area contributed by atoms with E-state index in [9.17, 15) is 0 Å². The Kier molecular flexibility index (Phi) is 5.45. The highest BCUT2D eigenvalue weighted by Gasteiger charge is 2.05. The molecule has 2 N–H and O–H groups in total. The van der Waals surface area contributed by atoms with E-state index in [2.05, 4.69) is 45.0 Å². The second-order valence-corrected chi connectivity index (χ2v) is 4.77. The Balaban J connectivity index is 2.59. The lowest BCUT2D eigenvalue weighted by molar-refractivity contribution is 0.278. The Morgan fingerprint density at radius 3 is 2.24 bits per heavy atom. The average Bonchev–Trinajstić information content (AvgIpc) is 2.26. The molecule has 0 bridgehead atoms. The van der Waals surface area contributed by atoms with Crippen molar-refractivity contribution in [3.63, 3.8) is 0 Å². The highest BCUT2D eigenvalue weighted by atomic mass is 16.5. The zero-order chi connectivity index (χ0) is 12.8. The van der Waals surface area contributed by atoms with E-state index in [1.807, 2.05) is 0 Å². The summed E-state index contributed by atoms with van der Waals surface area (Å²) in [7, 11) is 4.15. The molecule has 0 heterocycles. The van der Waals surface area contributed by atoms with Crippen LogP contribution in [-0.2, 0) is 6.54 Å². The third-order valence-electron chi connectivity index (χ3n) is 2.75. The number of nitrogens with zero attached hydrogens (tertiary/aromatic N) is 1. The molecule has 0 atom stereocenters. The monoisotopic (exact) mass is 236 g/mol. The molecule has 0 aliphatic rings. The van der Waals surface area contributed by atoms with Crippen LogP contribution in [0.5, 0.6) is 5.75 Å². The van der Waals surface area contributed by atoms with Crippen molar-refractivity contribution in [1.29, 1.82) is 0 Å². The number of aryl methyl sites for hydroxylation is 2. The SMILES string of the molecule is Cc1cc(CN)cc(C)c1OCCCN(C)C. The van der Waals surface area contributed by atoms with Gasteiger partial charge in [0.15, 0.2) is 0 Å². The smallest absolute Gasteiger partial charge is 0.125 e. The molecule has 0 spiro atoms. The fourth-order valence-corrected chi connectivity index (χ4v) is 1.94. The van der Waals surface area contributed by atoms with Gasteiger partial charge in [-0.2, -0.15) is 0 Å². The highest BCUT2D eigenvalue weighted by molar-refractivity contribution is 5.43. The first kappa shape index (κ1) is 14.0. The van der Waals surface area contributed by atoms with Gasteiger partial charge in [-0.1, -0.05) is 12.1 Å². The van der Waals surface area contributed by atoms with Crippen LogP contribution in [0.3, 0.4) is 0 Å². The molecule has 1 aromatic carbocycles. The molecule has 1 rings (SSSR count). The molecule has 0 aliphatic carbocycles. The maximum Gasteiger partial charge on any atom is 0.125 e. The molecule has 0 unspecified atom stereocenters. The summed E-state index contributed by atoms with van der Waals surface area (Å²) in [5, 5.41) is 0. The Bertz CT molecular complexity index is 338. The van der Waals surface area contributed by atoms with E-state index in [0.29, 0.717) is 6.54 Å². The van der Waals surface area contributed by atoms with E-state index in [4.69, 9.17) is 10.5 Å². The Morgan fingerprint density at radius 1 is 1.18 bits per heavy atom. The van der Waals surface area contributed by atoms with Crippen LogP contribution >= 0.6 is 0 Å². The van der Waals surface area contributed by atoms with Crippen molar-refractivity contribution in [2.75, 3.05) is 27.2 Å². The van der Waals surface area contributed by atoms with Gasteiger partial charge in [-0.25, -0.2) is 0 Å². The minimum Gasteiger partial charge on any atom is -0.493 e. The van der Waals surface area contributed by atoms with Crippen LogP contribution < -0.4 is 10.5 Å². The third kappa shape index (κ3) is 4.36. The first-order valence-corrected chi connectivity index (χ1v) is 6.12. The molecule has 17 heavy (non-hydrogen) atoms. The zero-order valence-corrected chi connectivity index (χ0v) is 11.4. The van der Waals surface area contributed by atoms with Crippen LogP contribution in [0.4, 0.5) is 0 Å². The minimum absolute atomic E-state index is 0.586. The molecule has 1 aromatic rings. The number of nitrogens with two attached hydrogens (primary N) is 1. The summed E-state index contributed by atoms with van der Waals surface area (Å²) < 4.78 is 5.85. The lowest BCUT2D eigenvalue weighted by Crippen LogP contribution is -2.16. The van der Waals surface area contributed by atoms with Crippen LogP contribution in [-0.4, -0.2) is 32.1 Å². The molecule has 96 valence electrons. The minimum atomic E-state index is 0.586. The first-order chi connectivity index (χ1) is 8.04. The van der Waals surface area contributed by atoms with Crippen molar-refractivity contribution in [2.45, 2.75) is 26.8 Å². The van der Waals surface area contributed by atoms with E-state index in [-0.39, 0.29) is 0 Å². The van der Waals surface area contributed by atoms with Gasteiger partial charge in [0.1, 0.15) is 5.75 Å². The van der Waals surface area contributed by atoms with Crippen LogP contribution in [0.1, 0.15) is 23.1 Å². The van der Waals surface area contributed by atoms with E-state index >= 15 is 0 Å². The van der Waals surface area contributed by atoms with Gasteiger partial charge in [0.25, 0.3) is 0 Å². The number of benzene rings is 1. The average molecular weight is 236 g/mol. The predicted molar refractivity (Wildman–Crippen MR) is 72.5 cm³/mol. The van der Waals surface area contributed by atoms with Gasteiger partial charge in [0.2, 0.25) is 0 Å². The molecular weight excluding hydrogens is 212 g/mol. The van der Waals surface area contributed by atoms with Gasteiger partial charge in [-0.05, 0) is 51.1 Å². The van der Waals surface area contributed by atoms with Gasteiger partial charge in [-0.3, -0.25) is 0 Å². The molecule has 0 radical (unpaired) electrons. The Labute approximate surface area is 105 Å². The van der Waals surface area contributed by atoms with Gasteiger partial charge < -0.3 is 15.4 Å². The molecule has 0 aliphatic heterocycles. The number of rotatable bonds is 6. The van der Waals surface area contributed by atoms with E-state index in [0.717, 1.165) is 25.3 Å². The molecule has 0 aromatic heterocycles.